The first-order valence-electron chi connectivity index (χ1n) is 7.60. The molecule has 22 heavy (non-hydrogen) atoms. The highest BCUT2D eigenvalue weighted by Crippen LogP contribution is 2.32. The van der Waals surface area contributed by atoms with Crippen LogP contribution in [0.25, 0.3) is 5.65 Å². The van der Waals surface area contributed by atoms with Gasteiger partial charge in [-0.25, -0.2) is 4.98 Å². The molecule has 1 saturated heterocycles. The fraction of sp³-hybridized carbons (Fsp3) is 0.278. The van der Waals surface area contributed by atoms with Gasteiger partial charge in [-0.15, -0.1) is 0 Å². The Hall–Kier alpha value is -1.65. The number of rotatable bonds is 3. The van der Waals surface area contributed by atoms with E-state index in [0.717, 1.165) is 25.3 Å². The Morgan fingerprint density at radius 2 is 2.00 bits per heavy atom. The van der Waals surface area contributed by atoms with Gasteiger partial charge >= 0.3 is 0 Å². The van der Waals surface area contributed by atoms with Crippen molar-refractivity contribution in [3.8, 4) is 0 Å². The Balaban J connectivity index is 1.47. The molecule has 4 heteroatoms. The van der Waals surface area contributed by atoms with Crippen LogP contribution in [0.15, 0.2) is 53.3 Å². The average Bonchev–Trinajstić information content (AvgIpc) is 2.86. The third-order valence-corrected chi connectivity index (χ3v) is 5.14. The monoisotopic (exact) mass is 355 g/mol. The molecule has 0 amide bonds. The van der Waals surface area contributed by atoms with E-state index >= 15 is 0 Å². The van der Waals surface area contributed by atoms with Crippen molar-refractivity contribution in [3.05, 3.63) is 70.1 Å². The summed E-state index contributed by atoms with van der Waals surface area (Å²) in [6, 6.07) is 12.7. The van der Waals surface area contributed by atoms with Gasteiger partial charge in [0.1, 0.15) is 5.65 Å². The molecule has 0 bridgehead atoms. The molecule has 0 spiro atoms. The number of aryl methyl sites for hydroxylation is 1. The smallest absolute Gasteiger partial charge is 0.136 e. The highest BCUT2D eigenvalue weighted by atomic mass is 79.9. The van der Waals surface area contributed by atoms with Crippen molar-refractivity contribution in [1.29, 1.82) is 0 Å². The lowest BCUT2D eigenvalue weighted by Crippen LogP contribution is -2.44. The first kappa shape index (κ1) is 14.0. The fourth-order valence-electron chi connectivity index (χ4n) is 3.19. The van der Waals surface area contributed by atoms with Crippen LogP contribution in [-0.4, -0.2) is 27.4 Å². The number of pyridine rings is 1. The van der Waals surface area contributed by atoms with Crippen LogP contribution in [0.4, 0.5) is 0 Å². The Morgan fingerprint density at radius 1 is 1.18 bits per heavy atom. The van der Waals surface area contributed by atoms with Gasteiger partial charge in [-0.3, -0.25) is 4.90 Å². The molecule has 0 aliphatic carbocycles. The fourth-order valence-corrected chi connectivity index (χ4v) is 3.79. The number of aromatic nitrogens is 2. The van der Waals surface area contributed by atoms with Crippen LogP contribution in [0, 0.1) is 6.92 Å². The molecule has 0 N–H and O–H groups in total. The summed E-state index contributed by atoms with van der Waals surface area (Å²) >= 11 is 3.66. The van der Waals surface area contributed by atoms with Crippen molar-refractivity contribution in [3.63, 3.8) is 0 Å². The van der Waals surface area contributed by atoms with Crippen LogP contribution < -0.4 is 0 Å². The highest BCUT2D eigenvalue weighted by Gasteiger charge is 2.29. The molecule has 0 radical (unpaired) electrons. The molecule has 1 fully saturated rings. The summed E-state index contributed by atoms with van der Waals surface area (Å²) in [7, 11) is 0. The van der Waals surface area contributed by atoms with Gasteiger partial charge in [0, 0.05) is 36.2 Å². The maximum Gasteiger partial charge on any atom is 0.136 e. The molecule has 1 aliphatic rings. The maximum atomic E-state index is 4.49. The van der Waals surface area contributed by atoms with E-state index in [-0.39, 0.29) is 0 Å². The number of fused-ring (bicyclic) bond motifs is 1. The Bertz CT molecular complexity index is 818. The molecule has 0 atom stereocenters. The van der Waals surface area contributed by atoms with Crippen molar-refractivity contribution in [2.75, 3.05) is 13.1 Å². The molecule has 2 aromatic heterocycles. The van der Waals surface area contributed by atoms with Crippen molar-refractivity contribution < 1.29 is 0 Å². The second-order valence-electron chi connectivity index (χ2n) is 6.10. The minimum atomic E-state index is 0.636. The van der Waals surface area contributed by atoms with E-state index in [0.29, 0.717) is 5.92 Å². The normalized spacial score (nSPS) is 16.1. The number of imidazole rings is 1. The van der Waals surface area contributed by atoms with Crippen molar-refractivity contribution in [2.45, 2.75) is 19.4 Å². The lowest BCUT2D eigenvalue weighted by Gasteiger charge is -2.39. The summed E-state index contributed by atoms with van der Waals surface area (Å²) in [5.41, 5.74) is 4.99. The van der Waals surface area contributed by atoms with E-state index in [1.54, 1.807) is 0 Å². The summed E-state index contributed by atoms with van der Waals surface area (Å²) < 4.78 is 3.44. The van der Waals surface area contributed by atoms with Gasteiger partial charge in [-0.05, 0) is 30.2 Å². The Morgan fingerprint density at radius 3 is 2.82 bits per heavy atom. The number of benzene rings is 1. The second kappa shape index (κ2) is 5.52. The van der Waals surface area contributed by atoms with Crippen molar-refractivity contribution in [2.24, 2.45) is 0 Å². The topological polar surface area (TPSA) is 20.5 Å². The van der Waals surface area contributed by atoms with Crippen LogP contribution in [-0.2, 0) is 6.54 Å². The molecule has 0 unspecified atom stereocenters. The predicted molar refractivity (Wildman–Crippen MR) is 92.1 cm³/mol. The van der Waals surface area contributed by atoms with E-state index in [1.807, 2.05) is 6.20 Å². The molecule has 3 aromatic rings. The summed E-state index contributed by atoms with van der Waals surface area (Å²) in [6.07, 6.45) is 4.17. The third kappa shape index (κ3) is 2.46. The highest BCUT2D eigenvalue weighted by molar-refractivity contribution is 9.10. The Labute approximate surface area is 138 Å². The van der Waals surface area contributed by atoms with Gasteiger partial charge in [0.2, 0.25) is 0 Å². The number of hydrogen-bond donors (Lipinski definition) is 0. The van der Waals surface area contributed by atoms with Crippen molar-refractivity contribution in [1.82, 2.24) is 14.3 Å². The second-order valence-corrected chi connectivity index (χ2v) is 6.95. The Kier molecular flexibility index (Phi) is 3.51. The molecule has 112 valence electrons. The zero-order valence-electron chi connectivity index (χ0n) is 12.5. The van der Waals surface area contributed by atoms with Crippen LogP contribution in [0.5, 0.6) is 0 Å². The summed E-state index contributed by atoms with van der Waals surface area (Å²) in [6.45, 7) is 5.31. The van der Waals surface area contributed by atoms with Gasteiger partial charge in [0.15, 0.2) is 0 Å². The zero-order chi connectivity index (χ0) is 15.1. The molecular weight excluding hydrogens is 338 g/mol. The predicted octanol–water partition coefficient (Wildman–Crippen LogP) is 4.00. The van der Waals surface area contributed by atoms with E-state index in [9.17, 15) is 0 Å². The standard InChI is InChI=1S/C18H18BrN3/c1-13-6-7-18-20-8-15(22(18)9-13)12-21-10-14(11-21)16-4-2-3-5-17(16)19/h2-9,14H,10-12H2,1H3. The third-order valence-electron chi connectivity index (χ3n) is 4.42. The molecule has 0 saturated carbocycles. The average molecular weight is 356 g/mol. The van der Waals surface area contributed by atoms with E-state index in [4.69, 9.17) is 0 Å². The van der Waals surface area contributed by atoms with Crippen LogP contribution in [0.3, 0.4) is 0 Å². The quantitative estimate of drug-likeness (QED) is 0.707. The first-order chi connectivity index (χ1) is 10.7. The summed E-state index contributed by atoms with van der Waals surface area (Å²) in [4.78, 5) is 6.97. The number of hydrogen-bond acceptors (Lipinski definition) is 2. The first-order valence-corrected chi connectivity index (χ1v) is 8.39. The maximum absolute atomic E-state index is 4.49. The summed E-state index contributed by atoms with van der Waals surface area (Å²) in [5.74, 6) is 0.636. The molecule has 3 nitrogen and oxygen atoms in total. The number of halogens is 1. The van der Waals surface area contributed by atoms with E-state index in [2.05, 4.69) is 79.7 Å². The zero-order valence-corrected chi connectivity index (χ0v) is 14.1. The van der Waals surface area contributed by atoms with E-state index in [1.165, 1.54) is 21.3 Å². The van der Waals surface area contributed by atoms with Gasteiger partial charge < -0.3 is 4.40 Å². The van der Waals surface area contributed by atoms with Gasteiger partial charge in [-0.2, -0.15) is 0 Å². The minimum Gasteiger partial charge on any atom is -0.303 e. The molecular formula is C18H18BrN3. The van der Waals surface area contributed by atoms with E-state index < -0.39 is 0 Å². The summed E-state index contributed by atoms with van der Waals surface area (Å²) in [5, 5.41) is 0. The van der Waals surface area contributed by atoms with Crippen LogP contribution >= 0.6 is 15.9 Å². The molecule has 1 aromatic carbocycles. The largest absolute Gasteiger partial charge is 0.303 e. The minimum absolute atomic E-state index is 0.636. The number of likely N-dealkylation sites (tertiary alicyclic amines) is 1. The van der Waals surface area contributed by atoms with Crippen LogP contribution in [0.2, 0.25) is 0 Å². The molecule has 1 aliphatic heterocycles. The van der Waals surface area contributed by atoms with Crippen molar-refractivity contribution >= 4 is 21.6 Å². The van der Waals surface area contributed by atoms with Gasteiger partial charge in [0.25, 0.3) is 0 Å². The molecule has 4 rings (SSSR count). The van der Waals surface area contributed by atoms with Crippen LogP contribution in [0.1, 0.15) is 22.7 Å². The van der Waals surface area contributed by atoms with Gasteiger partial charge in [-0.1, -0.05) is 40.2 Å². The van der Waals surface area contributed by atoms with Gasteiger partial charge in [0.05, 0.1) is 11.9 Å². The lowest BCUT2D eigenvalue weighted by atomic mass is 9.91. The number of nitrogens with zero attached hydrogens (tertiary/aromatic N) is 3. The SMILES string of the molecule is Cc1ccc2ncc(CN3CC(c4ccccc4Br)C3)n2c1. The lowest BCUT2D eigenvalue weighted by molar-refractivity contribution is 0.137. The molecule has 3 heterocycles.